The van der Waals surface area contributed by atoms with E-state index < -0.39 is 29.2 Å². The quantitative estimate of drug-likeness (QED) is 0.643. The van der Waals surface area contributed by atoms with Crippen LogP contribution >= 0.6 is 0 Å². The van der Waals surface area contributed by atoms with Crippen molar-refractivity contribution in [2.45, 2.75) is 25.4 Å². The van der Waals surface area contributed by atoms with Crippen LogP contribution in [-0.4, -0.2) is 17.6 Å². The maximum Gasteiger partial charge on any atom is 0.416 e. The molecule has 0 fully saturated rings. The highest BCUT2D eigenvalue weighted by Crippen LogP contribution is 2.31. The third-order valence-electron chi connectivity index (χ3n) is 2.38. The molecule has 1 amide bonds. The number of alkyl halides is 3. The molecule has 0 radical (unpaired) electrons. The highest BCUT2D eigenvalue weighted by Gasteiger charge is 2.31. The van der Waals surface area contributed by atoms with E-state index in [4.69, 9.17) is 5.11 Å². The van der Waals surface area contributed by atoms with E-state index >= 15 is 0 Å². The van der Waals surface area contributed by atoms with Gasteiger partial charge in [-0.05, 0) is 31.0 Å². The topological polar surface area (TPSA) is 49.3 Å². The lowest BCUT2D eigenvalue weighted by atomic mass is 10.1. The molecule has 0 bridgehead atoms. The van der Waals surface area contributed by atoms with Crippen molar-refractivity contribution in [1.29, 1.82) is 0 Å². The summed E-state index contributed by atoms with van der Waals surface area (Å²) >= 11 is 0. The molecule has 0 unspecified atom stereocenters. The minimum atomic E-state index is -4.59. The second-order valence-corrected chi connectivity index (χ2v) is 3.92. The third-order valence-corrected chi connectivity index (χ3v) is 2.38. The van der Waals surface area contributed by atoms with Crippen LogP contribution in [0, 0.1) is 5.82 Å². The minimum absolute atomic E-state index is 0.0102. The molecule has 0 heterocycles. The lowest BCUT2D eigenvalue weighted by Gasteiger charge is -2.10. The number of nitrogens with one attached hydrogen (secondary N) is 1. The SMILES string of the molecule is O=C(CCCCO)Nc1cc(C(F)(F)F)ccc1F. The lowest BCUT2D eigenvalue weighted by Crippen LogP contribution is -2.14. The molecule has 0 atom stereocenters. The molecule has 0 spiro atoms. The summed E-state index contributed by atoms with van der Waals surface area (Å²) in [4.78, 5) is 11.4. The maximum atomic E-state index is 13.3. The Hall–Kier alpha value is -1.63. The fourth-order valence-corrected chi connectivity index (χ4v) is 1.41. The smallest absolute Gasteiger partial charge is 0.396 e. The molecule has 0 aliphatic rings. The molecule has 0 aliphatic heterocycles. The zero-order valence-electron chi connectivity index (χ0n) is 9.93. The molecule has 2 N–H and O–H groups in total. The van der Waals surface area contributed by atoms with Gasteiger partial charge in [0, 0.05) is 13.0 Å². The average molecular weight is 279 g/mol. The monoisotopic (exact) mass is 279 g/mol. The van der Waals surface area contributed by atoms with Crippen molar-refractivity contribution in [3.05, 3.63) is 29.6 Å². The van der Waals surface area contributed by atoms with Gasteiger partial charge in [-0.2, -0.15) is 13.2 Å². The number of rotatable bonds is 5. The lowest BCUT2D eigenvalue weighted by molar-refractivity contribution is -0.137. The fourth-order valence-electron chi connectivity index (χ4n) is 1.41. The first-order valence-corrected chi connectivity index (χ1v) is 5.62. The summed E-state index contributed by atoms with van der Waals surface area (Å²) in [5.74, 6) is -1.52. The molecule has 3 nitrogen and oxygen atoms in total. The number of unbranched alkanes of at least 4 members (excludes halogenated alkanes) is 1. The second kappa shape index (κ2) is 6.51. The van der Waals surface area contributed by atoms with Crippen LogP contribution in [0.15, 0.2) is 18.2 Å². The second-order valence-electron chi connectivity index (χ2n) is 3.92. The molecule has 1 rings (SSSR count). The van der Waals surface area contributed by atoms with Gasteiger partial charge in [0.2, 0.25) is 5.91 Å². The minimum Gasteiger partial charge on any atom is -0.396 e. The number of carbonyl (C=O) groups excluding carboxylic acids is 1. The molecule has 0 aliphatic carbocycles. The molecule has 1 aromatic carbocycles. The normalized spacial score (nSPS) is 11.4. The summed E-state index contributed by atoms with van der Waals surface area (Å²) in [7, 11) is 0. The van der Waals surface area contributed by atoms with E-state index in [2.05, 4.69) is 5.32 Å². The van der Waals surface area contributed by atoms with Crippen LogP contribution in [-0.2, 0) is 11.0 Å². The Morgan fingerprint density at radius 2 is 1.95 bits per heavy atom. The summed E-state index contributed by atoms with van der Waals surface area (Å²) in [5, 5.41) is 10.6. The van der Waals surface area contributed by atoms with E-state index in [-0.39, 0.29) is 13.0 Å². The number of benzene rings is 1. The van der Waals surface area contributed by atoms with Crippen molar-refractivity contribution in [3.63, 3.8) is 0 Å². The third kappa shape index (κ3) is 4.86. The molecular weight excluding hydrogens is 266 g/mol. The van der Waals surface area contributed by atoms with Crippen molar-refractivity contribution in [1.82, 2.24) is 0 Å². The van der Waals surface area contributed by atoms with Crippen molar-refractivity contribution in [3.8, 4) is 0 Å². The van der Waals surface area contributed by atoms with Crippen molar-refractivity contribution in [2.24, 2.45) is 0 Å². The number of hydrogen-bond acceptors (Lipinski definition) is 2. The summed E-state index contributed by atoms with van der Waals surface area (Å²) in [5.41, 5.74) is -1.52. The Kier molecular flexibility index (Phi) is 5.29. The maximum absolute atomic E-state index is 13.3. The zero-order valence-corrected chi connectivity index (χ0v) is 9.93. The molecule has 7 heteroatoms. The molecule has 0 saturated carbocycles. The molecule has 0 saturated heterocycles. The Morgan fingerprint density at radius 1 is 1.26 bits per heavy atom. The van der Waals surface area contributed by atoms with E-state index in [1.807, 2.05) is 0 Å². The predicted octanol–water partition coefficient (Wildman–Crippen LogP) is 2.95. The largest absolute Gasteiger partial charge is 0.416 e. The van der Waals surface area contributed by atoms with E-state index in [0.717, 1.165) is 0 Å². The van der Waals surface area contributed by atoms with Gasteiger partial charge in [-0.15, -0.1) is 0 Å². The van der Waals surface area contributed by atoms with Crippen LogP contribution in [0.1, 0.15) is 24.8 Å². The van der Waals surface area contributed by atoms with Gasteiger partial charge in [-0.25, -0.2) is 4.39 Å². The predicted molar refractivity (Wildman–Crippen MR) is 61.0 cm³/mol. The Labute approximate surface area is 107 Å². The van der Waals surface area contributed by atoms with Gasteiger partial charge >= 0.3 is 6.18 Å². The first-order valence-electron chi connectivity index (χ1n) is 5.62. The Bertz CT molecular complexity index is 446. The standard InChI is InChI=1S/C12H13F4NO2/c13-9-5-4-8(12(14,15)16)7-10(9)17-11(19)3-1-2-6-18/h4-5,7,18H,1-3,6H2,(H,17,19). The van der Waals surface area contributed by atoms with Gasteiger partial charge in [0.05, 0.1) is 11.3 Å². The van der Waals surface area contributed by atoms with Gasteiger partial charge in [0.1, 0.15) is 5.82 Å². The van der Waals surface area contributed by atoms with E-state index in [1.54, 1.807) is 0 Å². The first-order chi connectivity index (χ1) is 8.84. The van der Waals surface area contributed by atoms with Gasteiger partial charge < -0.3 is 10.4 Å². The van der Waals surface area contributed by atoms with Crippen molar-refractivity contribution < 1.29 is 27.5 Å². The summed E-state index contributed by atoms with van der Waals surface area (Å²) in [6.07, 6.45) is -3.80. The fraction of sp³-hybridized carbons (Fsp3) is 0.417. The number of aliphatic hydroxyl groups excluding tert-OH is 1. The summed E-state index contributed by atoms with van der Waals surface area (Å²) in [6.45, 7) is -0.0782. The van der Waals surface area contributed by atoms with Crippen LogP contribution in [0.4, 0.5) is 23.2 Å². The van der Waals surface area contributed by atoms with Crippen LogP contribution in [0.25, 0.3) is 0 Å². The highest BCUT2D eigenvalue weighted by molar-refractivity contribution is 5.90. The van der Waals surface area contributed by atoms with Crippen LogP contribution < -0.4 is 5.32 Å². The van der Waals surface area contributed by atoms with Gasteiger partial charge in [0.25, 0.3) is 0 Å². The van der Waals surface area contributed by atoms with Gasteiger partial charge in [-0.3, -0.25) is 4.79 Å². The average Bonchev–Trinajstić information content (AvgIpc) is 2.31. The van der Waals surface area contributed by atoms with Crippen LogP contribution in [0.2, 0.25) is 0 Å². The number of hydrogen-bond donors (Lipinski definition) is 2. The van der Waals surface area contributed by atoms with Crippen molar-refractivity contribution >= 4 is 11.6 Å². The van der Waals surface area contributed by atoms with Gasteiger partial charge in [-0.1, -0.05) is 0 Å². The van der Waals surface area contributed by atoms with Crippen LogP contribution in [0.3, 0.4) is 0 Å². The van der Waals surface area contributed by atoms with Crippen molar-refractivity contribution in [2.75, 3.05) is 11.9 Å². The number of halogens is 4. The number of amides is 1. The van der Waals surface area contributed by atoms with E-state index in [9.17, 15) is 22.4 Å². The molecular formula is C12H13F4NO2. The molecule has 0 aromatic heterocycles. The Balaban J connectivity index is 2.74. The van der Waals surface area contributed by atoms with E-state index in [1.165, 1.54) is 0 Å². The first kappa shape index (κ1) is 15.4. The molecule has 106 valence electrons. The Morgan fingerprint density at radius 3 is 2.53 bits per heavy atom. The molecule has 19 heavy (non-hydrogen) atoms. The summed E-state index contributed by atoms with van der Waals surface area (Å²) in [6, 6.07) is 1.82. The number of carbonyl (C=O) groups is 1. The number of anilines is 1. The van der Waals surface area contributed by atoms with Gasteiger partial charge in [0.15, 0.2) is 0 Å². The zero-order chi connectivity index (χ0) is 14.5. The van der Waals surface area contributed by atoms with Crippen LogP contribution in [0.5, 0.6) is 0 Å². The number of aliphatic hydroxyl groups is 1. The highest BCUT2D eigenvalue weighted by atomic mass is 19.4. The molecule has 1 aromatic rings. The van der Waals surface area contributed by atoms with E-state index in [0.29, 0.717) is 31.0 Å². The summed E-state index contributed by atoms with van der Waals surface area (Å²) < 4.78 is 50.6.